The van der Waals surface area contributed by atoms with Gasteiger partial charge in [0.15, 0.2) is 0 Å². The van der Waals surface area contributed by atoms with Gasteiger partial charge in [-0.2, -0.15) is 0 Å². The van der Waals surface area contributed by atoms with Crippen molar-refractivity contribution in [3.8, 4) is 0 Å². The van der Waals surface area contributed by atoms with Crippen molar-refractivity contribution in [3.63, 3.8) is 0 Å². The normalized spacial score (nSPS) is 25.9. The van der Waals surface area contributed by atoms with Crippen molar-refractivity contribution in [2.45, 2.75) is 84.2 Å². The van der Waals surface area contributed by atoms with Crippen LogP contribution in [0.3, 0.4) is 0 Å². The lowest BCUT2D eigenvalue weighted by Gasteiger charge is -2.42. The van der Waals surface area contributed by atoms with Crippen molar-refractivity contribution < 1.29 is 0 Å². The lowest BCUT2D eigenvalue weighted by molar-refractivity contribution is 0.0784. The highest BCUT2D eigenvalue weighted by Crippen LogP contribution is 2.46. The standard InChI is InChI=1S/C17H34N2/c1-5-16(3,4)18-14-15(2)19-12-10-17(11-13-19)8-6-7-9-17/h15,18H,5-14H2,1-4H3. The topological polar surface area (TPSA) is 15.3 Å². The van der Waals surface area contributed by atoms with Crippen LogP contribution >= 0.6 is 0 Å². The van der Waals surface area contributed by atoms with Crippen molar-refractivity contribution in [1.29, 1.82) is 0 Å². The van der Waals surface area contributed by atoms with Crippen molar-refractivity contribution in [1.82, 2.24) is 10.2 Å². The summed E-state index contributed by atoms with van der Waals surface area (Å²) in [5.41, 5.74) is 1.04. The summed E-state index contributed by atoms with van der Waals surface area (Å²) in [5.74, 6) is 0. The molecule has 1 N–H and O–H groups in total. The number of likely N-dealkylation sites (tertiary alicyclic amines) is 1. The second-order valence-electron chi connectivity index (χ2n) is 7.71. The van der Waals surface area contributed by atoms with Gasteiger partial charge < -0.3 is 5.32 Å². The fraction of sp³-hybridized carbons (Fsp3) is 1.00. The summed E-state index contributed by atoms with van der Waals surface area (Å²) in [6.45, 7) is 13.1. The molecule has 0 radical (unpaired) electrons. The Balaban J connectivity index is 1.74. The van der Waals surface area contributed by atoms with E-state index in [-0.39, 0.29) is 5.54 Å². The predicted octanol–water partition coefficient (Wildman–Crippen LogP) is 3.81. The SMILES string of the molecule is CCC(C)(C)NCC(C)N1CCC2(CCCC2)CC1. The molecule has 1 saturated carbocycles. The zero-order valence-corrected chi connectivity index (χ0v) is 13.6. The van der Waals surface area contributed by atoms with Gasteiger partial charge in [0.25, 0.3) is 0 Å². The molecule has 0 aromatic carbocycles. The maximum absolute atomic E-state index is 3.73. The van der Waals surface area contributed by atoms with Gasteiger partial charge in [-0.3, -0.25) is 4.90 Å². The van der Waals surface area contributed by atoms with Crippen molar-refractivity contribution >= 4 is 0 Å². The van der Waals surface area contributed by atoms with Gasteiger partial charge >= 0.3 is 0 Å². The minimum atomic E-state index is 0.288. The Kier molecular flexibility index (Phi) is 4.94. The van der Waals surface area contributed by atoms with Gasteiger partial charge in [0.05, 0.1) is 0 Å². The zero-order chi connectivity index (χ0) is 13.9. The van der Waals surface area contributed by atoms with E-state index in [1.165, 1.54) is 58.0 Å². The van der Waals surface area contributed by atoms with Gasteiger partial charge in [-0.05, 0) is 71.4 Å². The molecule has 0 aromatic rings. The Bertz CT molecular complexity index is 269. The van der Waals surface area contributed by atoms with E-state index < -0.39 is 0 Å². The van der Waals surface area contributed by atoms with Gasteiger partial charge in [-0.25, -0.2) is 0 Å². The number of hydrogen-bond acceptors (Lipinski definition) is 2. The van der Waals surface area contributed by atoms with E-state index in [0.29, 0.717) is 6.04 Å². The van der Waals surface area contributed by atoms with Crippen LogP contribution in [0.25, 0.3) is 0 Å². The highest BCUT2D eigenvalue weighted by molar-refractivity contribution is 4.91. The van der Waals surface area contributed by atoms with E-state index >= 15 is 0 Å². The van der Waals surface area contributed by atoms with Crippen LogP contribution in [-0.4, -0.2) is 36.1 Å². The number of piperidine rings is 1. The maximum Gasteiger partial charge on any atom is 0.0192 e. The molecule has 112 valence electrons. The molecular formula is C17H34N2. The summed E-state index contributed by atoms with van der Waals surface area (Å²) in [7, 11) is 0. The molecule has 2 rings (SSSR count). The van der Waals surface area contributed by atoms with Crippen LogP contribution in [0.5, 0.6) is 0 Å². The Hall–Kier alpha value is -0.0800. The summed E-state index contributed by atoms with van der Waals surface area (Å²) in [6.07, 6.45) is 10.1. The summed E-state index contributed by atoms with van der Waals surface area (Å²) in [4.78, 5) is 2.71. The molecular weight excluding hydrogens is 232 g/mol. The molecule has 2 fully saturated rings. The van der Waals surface area contributed by atoms with Gasteiger partial charge in [-0.15, -0.1) is 0 Å². The number of hydrogen-bond donors (Lipinski definition) is 1. The van der Waals surface area contributed by atoms with Crippen LogP contribution in [0.4, 0.5) is 0 Å². The Morgan fingerprint density at radius 3 is 2.21 bits per heavy atom. The molecule has 1 saturated heterocycles. The molecule has 2 nitrogen and oxygen atoms in total. The van der Waals surface area contributed by atoms with Crippen LogP contribution in [0.2, 0.25) is 0 Å². The van der Waals surface area contributed by atoms with Gasteiger partial charge in [0.2, 0.25) is 0 Å². The van der Waals surface area contributed by atoms with E-state index in [0.717, 1.165) is 12.0 Å². The highest BCUT2D eigenvalue weighted by atomic mass is 15.2. The molecule has 0 aromatic heterocycles. The molecule has 1 spiro atoms. The molecule has 19 heavy (non-hydrogen) atoms. The largest absolute Gasteiger partial charge is 0.310 e. The summed E-state index contributed by atoms with van der Waals surface area (Å²) in [6, 6.07) is 0.685. The lowest BCUT2D eigenvalue weighted by atomic mass is 9.77. The van der Waals surface area contributed by atoms with Crippen molar-refractivity contribution in [2.24, 2.45) is 5.41 Å². The molecule has 1 aliphatic carbocycles. The van der Waals surface area contributed by atoms with Gasteiger partial charge in [0.1, 0.15) is 0 Å². The van der Waals surface area contributed by atoms with E-state index in [4.69, 9.17) is 0 Å². The predicted molar refractivity (Wildman–Crippen MR) is 83.5 cm³/mol. The number of rotatable bonds is 5. The Labute approximate surface area is 120 Å². The first-order valence-corrected chi connectivity index (χ1v) is 8.45. The van der Waals surface area contributed by atoms with Crippen molar-refractivity contribution in [3.05, 3.63) is 0 Å². The summed E-state index contributed by atoms with van der Waals surface area (Å²) < 4.78 is 0. The quantitative estimate of drug-likeness (QED) is 0.814. The summed E-state index contributed by atoms with van der Waals surface area (Å²) in [5, 5.41) is 3.73. The average molecular weight is 266 g/mol. The number of nitrogens with zero attached hydrogens (tertiary/aromatic N) is 1. The fourth-order valence-electron chi connectivity index (χ4n) is 3.74. The van der Waals surface area contributed by atoms with Crippen LogP contribution < -0.4 is 5.32 Å². The van der Waals surface area contributed by atoms with Gasteiger partial charge in [0, 0.05) is 18.1 Å². The van der Waals surface area contributed by atoms with Crippen LogP contribution in [0.1, 0.15) is 72.6 Å². The molecule has 1 unspecified atom stereocenters. The lowest BCUT2D eigenvalue weighted by Crippen LogP contribution is -2.50. The second kappa shape index (κ2) is 6.13. The minimum absolute atomic E-state index is 0.288. The molecule has 0 amide bonds. The Morgan fingerprint density at radius 1 is 1.11 bits per heavy atom. The van der Waals surface area contributed by atoms with E-state index in [9.17, 15) is 0 Å². The third kappa shape index (κ3) is 3.95. The van der Waals surface area contributed by atoms with Crippen LogP contribution in [0.15, 0.2) is 0 Å². The summed E-state index contributed by atoms with van der Waals surface area (Å²) >= 11 is 0. The molecule has 1 atom stereocenters. The first kappa shape index (κ1) is 15.3. The third-order valence-corrected chi connectivity index (χ3v) is 5.91. The molecule has 0 bridgehead atoms. The molecule has 1 heterocycles. The van der Waals surface area contributed by atoms with Crippen LogP contribution in [-0.2, 0) is 0 Å². The van der Waals surface area contributed by atoms with E-state index in [1.807, 2.05) is 0 Å². The van der Waals surface area contributed by atoms with E-state index in [1.54, 1.807) is 0 Å². The molecule has 1 aliphatic heterocycles. The molecule has 2 aliphatic rings. The van der Waals surface area contributed by atoms with E-state index in [2.05, 4.69) is 37.9 Å². The fourth-order valence-corrected chi connectivity index (χ4v) is 3.74. The highest BCUT2D eigenvalue weighted by Gasteiger charge is 2.37. The van der Waals surface area contributed by atoms with Gasteiger partial charge in [-0.1, -0.05) is 19.8 Å². The minimum Gasteiger partial charge on any atom is -0.310 e. The Morgan fingerprint density at radius 2 is 1.68 bits per heavy atom. The second-order valence-corrected chi connectivity index (χ2v) is 7.71. The van der Waals surface area contributed by atoms with Crippen LogP contribution in [0, 0.1) is 5.41 Å². The monoisotopic (exact) mass is 266 g/mol. The molecule has 2 heteroatoms. The average Bonchev–Trinajstić information content (AvgIpc) is 2.85. The first-order chi connectivity index (χ1) is 8.96. The van der Waals surface area contributed by atoms with Crippen molar-refractivity contribution in [2.75, 3.05) is 19.6 Å². The maximum atomic E-state index is 3.73. The third-order valence-electron chi connectivity index (χ3n) is 5.91. The first-order valence-electron chi connectivity index (χ1n) is 8.45. The number of nitrogens with one attached hydrogen (secondary N) is 1. The smallest absolute Gasteiger partial charge is 0.0192 e. The zero-order valence-electron chi connectivity index (χ0n) is 13.6.